The standard InChI is InChI=1S/C12H21N3O2/c1-5-14(4)10-6-12(17)15(13-7-10)8-11(16)9(2)3/h6-7,9,11,16H,5,8H2,1-4H3. The Morgan fingerprint density at radius 2 is 2.18 bits per heavy atom. The van der Waals surface area contributed by atoms with Crippen LogP contribution in [0.1, 0.15) is 20.8 Å². The van der Waals surface area contributed by atoms with Gasteiger partial charge in [0.2, 0.25) is 0 Å². The lowest BCUT2D eigenvalue weighted by atomic mass is 10.1. The lowest BCUT2D eigenvalue weighted by Gasteiger charge is -2.18. The quantitative estimate of drug-likeness (QED) is 0.822. The third-order valence-corrected chi connectivity index (χ3v) is 2.90. The zero-order valence-electron chi connectivity index (χ0n) is 10.9. The molecule has 96 valence electrons. The summed E-state index contributed by atoms with van der Waals surface area (Å²) < 4.78 is 1.30. The van der Waals surface area contributed by atoms with Gasteiger partial charge in [-0.3, -0.25) is 4.79 Å². The van der Waals surface area contributed by atoms with Crippen molar-refractivity contribution in [3.63, 3.8) is 0 Å². The third-order valence-electron chi connectivity index (χ3n) is 2.90. The van der Waals surface area contributed by atoms with Crippen molar-refractivity contribution in [1.82, 2.24) is 9.78 Å². The molecule has 1 N–H and O–H groups in total. The molecule has 1 heterocycles. The number of aliphatic hydroxyl groups excluding tert-OH is 1. The van der Waals surface area contributed by atoms with E-state index in [4.69, 9.17) is 0 Å². The first-order valence-electron chi connectivity index (χ1n) is 5.92. The van der Waals surface area contributed by atoms with E-state index in [-0.39, 0.29) is 18.0 Å². The molecule has 0 fully saturated rings. The van der Waals surface area contributed by atoms with Crippen molar-refractivity contribution in [1.29, 1.82) is 0 Å². The molecule has 0 saturated heterocycles. The molecule has 0 amide bonds. The number of rotatable bonds is 5. The molecule has 0 aliphatic rings. The van der Waals surface area contributed by atoms with Crippen LogP contribution in [-0.4, -0.2) is 34.6 Å². The summed E-state index contributed by atoms with van der Waals surface area (Å²) in [6.45, 7) is 6.89. The van der Waals surface area contributed by atoms with Crippen LogP contribution in [0.3, 0.4) is 0 Å². The van der Waals surface area contributed by atoms with E-state index >= 15 is 0 Å². The molecule has 17 heavy (non-hydrogen) atoms. The highest BCUT2D eigenvalue weighted by atomic mass is 16.3. The molecule has 0 bridgehead atoms. The minimum Gasteiger partial charge on any atom is -0.391 e. The van der Waals surface area contributed by atoms with Gasteiger partial charge in [-0.25, -0.2) is 4.68 Å². The first kappa shape index (κ1) is 13.7. The minimum absolute atomic E-state index is 0.113. The van der Waals surface area contributed by atoms with Gasteiger partial charge < -0.3 is 10.0 Å². The van der Waals surface area contributed by atoms with Crippen LogP contribution in [0.5, 0.6) is 0 Å². The summed E-state index contributed by atoms with van der Waals surface area (Å²) in [4.78, 5) is 13.7. The second-order valence-corrected chi connectivity index (χ2v) is 4.56. The third kappa shape index (κ3) is 3.56. The van der Waals surface area contributed by atoms with Gasteiger partial charge in [0.1, 0.15) is 0 Å². The molecule has 1 aromatic heterocycles. The zero-order chi connectivity index (χ0) is 13.0. The summed E-state index contributed by atoms with van der Waals surface area (Å²) in [5.41, 5.74) is 0.621. The topological polar surface area (TPSA) is 58.4 Å². The van der Waals surface area contributed by atoms with Crippen molar-refractivity contribution in [3.8, 4) is 0 Å². The van der Waals surface area contributed by atoms with Crippen LogP contribution in [0.2, 0.25) is 0 Å². The van der Waals surface area contributed by atoms with E-state index in [9.17, 15) is 9.90 Å². The van der Waals surface area contributed by atoms with Crippen LogP contribution >= 0.6 is 0 Å². The number of hydrogen-bond donors (Lipinski definition) is 1. The Morgan fingerprint density at radius 3 is 2.65 bits per heavy atom. The fourth-order valence-corrected chi connectivity index (χ4v) is 1.34. The first-order chi connectivity index (χ1) is 7.95. The molecular weight excluding hydrogens is 218 g/mol. The Labute approximate surface area is 102 Å². The smallest absolute Gasteiger partial charge is 0.268 e. The predicted octanol–water partition coefficient (Wildman–Crippen LogP) is 0.716. The highest BCUT2D eigenvalue weighted by Crippen LogP contribution is 2.07. The molecule has 5 nitrogen and oxygen atoms in total. The molecule has 1 unspecified atom stereocenters. The predicted molar refractivity (Wildman–Crippen MR) is 68.3 cm³/mol. The van der Waals surface area contributed by atoms with Crippen molar-refractivity contribution < 1.29 is 5.11 Å². The summed E-state index contributed by atoms with van der Waals surface area (Å²) in [7, 11) is 1.91. The summed E-state index contributed by atoms with van der Waals surface area (Å²) in [5, 5.41) is 13.8. The molecule has 0 aliphatic carbocycles. The lowest BCUT2D eigenvalue weighted by molar-refractivity contribution is 0.101. The van der Waals surface area contributed by atoms with Crippen molar-refractivity contribution in [2.75, 3.05) is 18.5 Å². The Bertz CT molecular complexity index is 414. The van der Waals surface area contributed by atoms with Gasteiger partial charge in [-0.15, -0.1) is 0 Å². The van der Waals surface area contributed by atoms with Gasteiger partial charge in [-0.1, -0.05) is 13.8 Å². The number of anilines is 1. The number of hydrogen-bond acceptors (Lipinski definition) is 4. The summed E-state index contributed by atoms with van der Waals surface area (Å²) in [6, 6.07) is 1.55. The second-order valence-electron chi connectivity index (χ2n) is 4.56. The van der Waals surface area contributed by atoms with Crippen molar-refractivity contribution in [3.05, 3.63) is 22.6 Å². The van der Waals surface area contributed by atoms with E-state index in [0.29, 0.717) is 0 Å². The van der Waals surface area contributed by atoms with Gasteiger partial charge in [-0.05, 0) is 12.8 Å². The zero-order valence-corrected chi connectivity index (χ0v) is 10.9. The van der Waals surface area contributed by atoms with E-state index in [2.05, 4.69) is 5.10 Å². The van der Waals surface area contributed by atoms with E-state index in [1.165, 1.54) is 4.68 Å². The van der Waals surface area contributed by atoms with E-state index < -0.39 is 6.10 Å². The Balaban J connectivity index is 2.87. The van der Waals surface area contributed by atoms with E-state index in [0.717, 1.165) is 12.2 Å². The van der Waals surface area contributed by atoms with Crippen molar-refractivity contribution in [2.24, 2.45) is 5.92 Å². The molecule has 1 rings (SSSR count). The van der Waals surface area contributed by atoms with Crippen LogP contribution < -0.4 is 10.5 Å². The monoisotopic (exact) mass is 239 g/mol. The minimum atomic E-state index is -0.546. The summed E-state index contributed by atoms with van der Waals surface area (Å²) in [5.74, 6) is 0.113. The van der Waals surface area contributed by atoms with Crippen LogP contribution in [0.25, 0.3) is 0 Å². The average molecular weight is 239 g/mol. The summed E-state index contributed by atoms with van der Waals surface area (Å²) >= 11 is 0. The molecule has 0 spiro atoms. The van der Waals surface area contributed by atoms with Gasteiger partial charge in [0, 0.05) is 19.7 Å². The van der Waals surface area contributed by atoms with E-state index in [1.807, 2.05) is 32.7 Å². The lowest BCUT2D eigenvalue weighted by Crippen LogP contribution is -2.31. The first-order valence-corrected chi connectivity index (χ1v) is 5.92. The number of nitrogens with zero attached hydrogens (tertiary/aromatic N) is 3. The van der Waals surface area contributed by atoms with E-state index in [1.54, 1.807) is 12.3 Å². The number of aromatic nitrogens is 2. The van der Waals surface area contributed by atoms with Gasteiger partial charge in [-0.2, -0.15) is 5.10 Å². The van der Waals surface area contributed by atoms with Crippen molar-refractivity contribution in [2.45, 2.75) is 33.4 Å². The van der Waals surface area contributed by atoms with Crippen molar-refractivity contribution >= 4 is 5.69 Å². The molecule has 0 aromatic carbocycles. The highest BCUT2D eigenvalue weighted by Gasteiger charge is 2.12. The van der Waals surface area contributed by atoms with Crippen LogP contribution in [0.15, 0.2) is 17.1 Å². The Morgan fingerprint density at radius 1 is 1.53 bits per heavy atom. The van der Waals surface area contributed by atoms with Gasteiger partial charge in [0.05, 0.1) is 24.5 Å². The molecule has 5 heteroatoms. The maximum atomic E-state index is 11.8. The normalized spacial score (nSPS) is 12.8. The molecule has 0 aliphatic heterocycles. The molecular formula is C12H21N3O2. The SMILES string of the molecule is CCN(C)c1cnn(CC(O)C(C)C)c(=O)c1. The largest absolute Gasteiger partial charge is 0.391 e. The van der Waals surface area contributed by atoms with Crippen LogP contribution in [0, 0.1) is 5.92 Å². The van der Waals surface area contributed by atoms with Gasteiger partial charge in [0.25, 0.3) is 5.56 Å². The van der Waals surface area contributed by atoms with Gasteiger partial charge >= 0.3 is 0 Å². The molecule has 1 atom stereocenters. The number of aliphatic hydroxyl groups is 1. The maximum Gasteiger partial charge on any atom is 0.268 e. The average Bonchev–Trinajstić information content (AvgIpc) is 2.30. The molecule has 0 radical (unpaired) electrons. The second kappa shape index (κ2) is 5.82. The fraction of sp³-hybridized carbons (Fsp3) is 0.667. The Hall–Kier alpha value is -1.36. The van der Waals surface area contributed by atoms with Gasteiger partial charge in [0.15, 0.2) is 0 Å². The van der Waals surface area contributed by atoms with Crippen LogP contribution in [-0.2, 0) is 6.54 Å². The molecule has 0 saturated carbocycles. The highest BCUT2D eigenvalue weighted by molar-refractivity contribution is 5.41. The molecule has 1 aromatic rings. The maximum absolute atomic E-state index is 11.8. The van der Waals surface area contributed by atoms with Crippen LogP contribution in [0.4, 0.5) is 5.69 Å². The fourth-order valence-electron chi connectivity index (χ4n) is 1.34. The Kier molecular flexibility index (Phi) is 4.69. The summed E-state index contributed by atoms with van der Waals surface area (Å²) in [6.07, 6.45) is 1.10.